The number of amides is 1. The lowest BCUT2D eigenvalue weighted by Gasteiger charge is -2.26. The van der Waals surface area contributed by atoms with Gasteiger partial charge < -0.3 is 20.0 Å². The van der Waals surface area contributed by atoms with Crippen molar-refractivity contribution in [3.63, 3.8) is 0 Å². The Labute approximate surface area is 174 Å². The molecule has 2 atom stereocenters. The lowest BCUT2D eigenvalue weighted by molar-refractivity contribution is -0.115. The van der Waals surface area contributed by atoms with Crippen LogP contribution < -0.4 is 15.5 Å². The first-order valence-corrected chi connectivity index (χ1v) is 9.94. The minimum absolute atomic E-state index is 0.0112. The van der Waals surface area contributed by atoms with Crippen LogP contribution >= 0.6 is 12.2 Å². The normalized spacial score (nSPS) is 18.6. The van der Waals surface area contributed by atoms with Crippen LogP contribution in [0.4, 0.5) is 11.4 Å². The fraction of sp³-hybridized carbons (Fsp3) is 0.227. The molecule has 0 saturated carbocycles. The zero-order valence-corrected chi connectivity index (χ0v) is 17.1. The minimum atomic E-state index is -0.178. The van der Waals surface area contributed by atoms with E-state index in [4.69, 9.17) is 16.6 Å². The molecule has 6 nitrogen and oxygen atoms in total. The van der Waals surface area contributed by atoms with Crippen molar-refractivity contribution in [1.29, 1.82) is 0 Å². The van der Waals surface area contributed by atoms with Crippen molar-refractivity contribution >= 4 is 34.6 Å². The molecule has 0 radical (unpaired) electrons. The molecule has 29 heavy (non-hydrogen) atoms. The predicted octanol–water partition coefficient (Wildman–Crippen LogP) is 4.51. The molecule has 2 N–H and O–H groups in total. The Morgan fingerprint density at radius 2 is 2.14 bits per heavy atom. The van der Waals surface area contributed by atoms with Crippen LogP contribution in [-0.4, -0.2) is 16.0 Å². The van der Waals surface area contributed by atoms with Crippen LogP contribution in [0.3, 0.4) is 0 Å². The minimum Gasteiger partial charge on any atom is -0.467 e. The maximum absolute atomic E-state index is 11.8. The molecule has 0 bridgehead atoms. The van der Waals surface area contributed by atoms with Crippen LogP contribution in [0.15, 0.2) is 65.4 Å². The second-order valence-corrected chi connectivity index (χ2v) is 7.30. The number of benzene rings is 1. The largest absolute Gasteiger partial charge is 0.467 e. The molecule has 1 saturated heterocycles. The van der Waals surface area contributed by atoms with E-state index in [9.17, 15) is 4.79 Å². The highest BCUT2D eigenvalue weighted by Crippen LogP contribution is 2.42. The first-order chi connectivity index (χ1) is 14.1. The SMILES string of the molecule is CCC(=O)Nc1ccc(N2C(=S)N[C@H](c3ccccn3)[C@@H]2c2ccco2)cc1C. The summed E-state index contributed by atoms with van der Waals surface area (Å²) in [5.74, 6) is 0.789. The molecule has 7 heteroatoms. The van der Waals surface area contributed by atoms with Crippen molar-refractivity contribution < 1.29 is 9.21 Å². The molecular formula is C22H22N4O2S. The number of furan rings is 1. The fourth-order valence-electron chi connectivity index (χ4n) is 3.56. The third kappa shape index (κ3) is 3.73. The first kappa shape index (κ1) is 19.1. The zero-order valence-electron chi connectivity index (χ0n) is 16.3. The summed E-state index contributed by atoms with van der Waals surface area (Å²) in [6.45, 7) is 3.80. The lowest BCUT2D eigenvalue weighted by Crippen LogP contribution is -2.29. The van der Waals surface area contributed by atoms with Gasteiger partial charge in [0.25, 0.3) is 0 Å². The molecule has 3 heterocycles. The summed E-state index contributed by atoms with van der Waals surface area (Å²) >= 11 is 5.69. The molecule has 1 aliphatic heterocycles. The van der Waals surface area contributed by atoms with E-state index >= 15 is 0 Å². The number of aromatic nitrogens is 1. The Kier molecular flexibility index (Phi) is 5.31. The summed E-state index contributed by atoms with van der Waals surface area (Å²) in [7, 11) is 0. The maximum atomic E-state index is 11.8. The molecule has 1 aliphatic rings. The van der Waals surface area contributed by atoms with E-state index in [1.54, 1.807) is 12.5 Å². The second-order valence-electron chi connectivity index (χ2n) is 6.91. The number of carbonyl (C=O) groups excluding carboxylic acids is 1. The van der Waals surface area contributed by atoms with Gasteiger partial charge in [0.15, 0.2) is 5.11 Å². The maximum Gasteiger partial charge on any atom is 0.224 e. The van der Waals surface area contributed by atoms with Gasteiger partial charge in [-0.1, -0.05) is 13.0 Å². The average molecular weight is 407 g/mol. The van der Waals surface area contributed by atoms with Crippen LogP contribution in [0, 0.1) is 6.92 Å². The Morgan fingerprint density at radius 3 is 2.79 bits per heavy atom. The summed E-state index contributed by atoms with van der Waals surface area (Å²) in [5, 5.41) is 6.93. The number of pyridine rings is 1. The van der Waals surface area contributed by atoms with E-state index in [1.807, 2.05) is 67.3 Å². The number of nitrogens with one attached hydrogen (secondary N) is 2. The first-order valence-electron chi connectivity index (χ1n) is 9.53. The summed E-state index contributed by atoms with van der Waals surface area (Å²) in [4.78, 5) is 18.3. The number of rotatable bonds is 5. The summed E-state index contributed by atoms with van der Waals surface area (Å²) < 4.78 is 5.76. The number of anilines is 2. The highest BCUT2D eigenvalue weighted by Gasteiger charge is 2.42. The van der Waals surface area contributed by atoms with E-state index in [0.29, 0.717) is 11.5 Å². The van der Waals surface area contributed by atoms with E-state index < -0.39 is 0 Å². The number of carbonyl (C=O) groups is 1. The summed E-state index contributed by atoms with van der Waals surface area (Å²) in [6.07, 6.45) is 3.88. The van der Waals surface area contributed by atoms with Crippen LogP contribution in [-0.2, 0) is 4.79 Å². The molecule has 1 amide bonds. The quantitative estimate of drug-likeness (QED) is 0.608. The molecule has 3 aromatic rings. The van der Waals surface area contributed by atoms with Crippen molar-refractivity contribution in [3.05, 3.63) is 78.0 Å². The third-order valence-corrected chi connectivity index (χ3v) is 5.33. The number of hydrogen-bond acceptors (Lipinski definition) is 4. The van der Waals surface area contributed by atoms with Gasteiger partial charge in [0.1, 0.15) is 11.8 Å². The van der Waals surface area contributed by atoms with Crippen LogP contribution in [0.25, 0.3) is 0 Å². The van der Waals surface area contributed by atoms with E-state index in [2.05, 4.69) is 15.6 Å². The topological polar surface area (TPSA) is 70.4 Å². The average Bonchev–Trinajstić information content (AvgIpc) is 3.37. The van der Waals surface area contributed by atoms with Crippen molar-refractivity contribution in [1.82, 2.24) is 10.3 Å². The molecule has 1 aromatic carbocycles. The predicted molar refractivity (Wildman–Crippen MR) is 117 cm³/mol. The zero-order chi connectivity index (χ0) is 20.4. The highest BCUT2D eigenvalue weighted by atomic mass is 32.1. The summed E-state index contributed by atoms with van der Waals surface area (Å²) in [6, 6.07) is 15.2. The Morgan fingerprint density at radius 1 is 1.28 bits per heavy atom. The smallest absolute Gasteiger partial charge is 0.224 e. The van der Waals surface area contributed by atoms with Crippen LogP contribution in [0.2, 0.25) is 0 Å². The second kappa shape index (κ2) is 8.05. The van der Waals surface area contributed by atoms with Gasteiger partial charge in [-0.2, -0.15) is 0 Å². The van der Waals surface area contributed by atoms with Gasteiger partial charge in [-0.05, 0) is 67.2 Å². The van der Waals surface area contributed by atoms with E-state index in [0.717, 1.165) is 28.4 Å². The van der Waals surface area contributed by atoms with Crippen LogP contribution in [0.1, 0.15) is 42.4 Å². The van der Waals surface area contributed by atoms with Gasteiger partial charge >= 0.3 is 0 Å². The van der Waals surface area contributed by atoms with E-state index in [1.165, 1.54) is 0 Å². The van der Waals surface area contributed by atoms with Crippen molar-refractivity contribution in [3.8, 4) is 0 Å². The van der Waals surface area contributed by atoms with Gasteiger partial charge in [0, 0.05) is 24.0 Å². The van der Waals surface area contributed by atoms with Crippen LogP contribution in [0.5, 0.6) is 0 Å². The molecule has 148 valence electrons. The molecule has 0 unspecified atom stereocenters. The third-order valence-electron chi connectivity index (χ3n) is 5.02. The number of thiocarbonyl (C=S) groups is 1. The molecule has 0 aliphatic carbocycles. The fourth-order valence-corrected chi connectivity index (χ4v) is 3.90. The number of aryl methyl sites for hydroxylation is 1. The number of nitrogens with zero attached hydrogens (tertiary/aromatic N) is 2. The van der Waals surface area contributed by atoms with Crippen molar-refractivity contribution in [2.24, 2.45) is 0 Å². The highest BCUT2D eigenvalue weighted by molar-refractivity contribution is 7.80. The summed E-state index contributed by atoms with van der Waals surface area (Å²) in [5.41, 5.74) is 3.58. The monoisotopic (exact) mass is 406 g/mol. The van der Waals surface area contributed by atoms with Gasteiger partial charge in [-0.15, -0.1) is 0 Å². The molecular weight excluding hydrogens is 384 g/mol. The van der Waals surface area contributed by atoms with Gasteiger partial charge in [0.05, 0.1) is 18.0 Å². The Bertz CT molecular complexity index is 1020. The molecule has 2 aromatic heterocycles. The Balaban J connectivity index is 1.73. The van der Waals surface area contributed by atoms with Crippen molar-refractivity contribution in [2.75, 3.05) is 10.2 Å². The van der Waals surface area contributed by atoms with Gasteiger partial charge in [0.2, 0.25) is 5.91 Å². The van der Waals surface area contributed by atoms with Gasteiger partial charge in [-0.3, -0.25) is 9.78 Å². The molecule has 4 rings (SSSR count). The standard InChI is InChI=1S/C22H22N4O2S/c1-3-19(27)24-16-10-9-15(13-14(16)2)26-21(18-8-6-12-28-18)20(25-22(26)29)17-7-4-5-11-23-17/h4-13,20-21H,3H2,1-2H3,(H,24,27)(H,25,29)/t20-,21+/m1/s1. The van der Waals surface area contributed by atoms with E-state index in [-0.39, 0.29) is 18.0 Å². The van der Waals surface area contributed by atoms with Crippen molar-refractivity contribution in [2.45, 2.75) is 32.4 Å². The number of hydrogen-bond donors (Lipinski definition) is 2. The van der Waals surface area contributed by atoms with Gasteiger partial charge in [-0.25, -0.2) is 0 Å². The molecule has 1 fully saturated rings. The lowest BCUT2D eigenvalue weighted by atomic mass is 10.0. The molecule has 0 spiro atoms. The Hall–Kier alpha value is -3.19.